The normalized spacial score (nSPS) is 12.5. The molecule has 0 unspecified atom stereocenters. The Morgan fingerprint density at radius 3 is 2.59 bits per heavy atom. The van der Waals surface area contributed by atoms with E-state index < -0.39 is 0 Å². The maximum absolute atomic E-state index is 12.5. The molecule has 0 aliphatic rings. The molecule has 1 amide bonds. The number of carbonyl (C=O) groups excluding carboxylic acids is 1. The highest BCUT2D eigenvalue weighted by Gasteiger charge is 2.16. The molecule has 0 spiro atoms. The van der Waals surface area contributed by atoms with Crippen molar-refractivity contribution in [3.8, 4) is 0 Å². The van der Waals surface area contributed by atoms with Crippen molar-refractivity contribution >= 4 is 11.7 Å². The molecule has 7 nitrogen and oxygen atoms in total. The summed E-state index contributed by atoms with van der Waals surface area (Å²) in [5.41, 5.74) is 5.47. The maximum Gasteiger partial charge on any atom is 0.252 e. The minimum absolute atomic E-state index is 0.0412. The molecule has 0 saturated carbocycles. The van der Waals surface area contributed by atoms with Crippen LogP contribution in [-0.2, 0) is 17.6 Å². The molecular weight excluding hydrogens is 364 g/mol. The summed E-state index contributed by atoms with van der Waals surface area (Å²) in [6.45, 7) is 6.68. The molecular formula is C22H30N6O. The van der Waals surface area contributed by atoms with Crippen LogP contribution in [0.25, 0.3) is 5.78 Å². The Morgan fingerprint density at radius 2 is 1.93 bits per heavy atom. The van der Waals surface area contributed by atoms with E-state index >= 15 is 0 Å². The van der Waals surface area contributed by atoms with E-state index in [1.807, 2.05) is 27.9 Å². The number of hydrogen-bond donors (Lipinski definition) is 1. The smallest absolute Gasteiger partial charge is 0.252 e. The van der Waals surface area contributed by atoms with Crippen molar-refractivity contribution in [2.24, 2.45) is 0 Å². The summed E-state index contributed by atoms with van der Waals surface area (Å²) in [5.74, 6) is 0.635. The van der Waals surface area contributed by atoms with E-state index in [4.69, 9.17) is 0 Å². The fraction of sp³-hybridized carbons (Fsp3) is 0.455. The van der Waals surface area contributed by atoms with Crippen LogP contribution < -0.4 is 5.32 Å². The van der Waals surface area contributed by atoms with Gasteiger partial charge in [-0.3, -0.25) is 4.79 Å². The monoisotopic (exact) mass is 394 g/mol. The van der Waals surface area contributed by atoms with Gasteiger partial charge in [0.25, 0.3) is 5.78 Å². The van der Waals surface area contributed by atoms with Crippen molar-refractivity contribution in [3.63, 3.8) is 0 Å². The van der Waals surface area contributed by atoms with Gasteiger partial charge in [0.1, 0.15) is 6.33 Å². The van der Waals surface area contributed by atoms with Gasteiger partial charge in [0.15, 0.2) is 0 Å². The lowest BCUT2D eigenvalue weighted by atomic mass is 10.0. The Bertz CT molecular complexity index is 977. The van der Waals surface area contributed by atoms with Gasteiger partial charge in [-0.1, -0.05) is 31.2 Å². The van der Waals surface area contributed by atoms with E-state index in [1.165, 1.54) is 17.5 Å². The summed E-state index contributed by atoms with van der Waals surface area (Å²) in [6, 6.07) is 8.77. The molecule has 1 N–H and O–H groups in total. The van der Waals surface area contributed by atoms with Crippen molar-refractivity contribution in [3.05, 3.63) is 58.7 Å². The van der Waals surface area contributed by atoms with Crippen LogP contribution >= 0.6 is 0 Å². The standard InChI is InChI=1S/C22H30N6O/c1-6-17-7-9-18(10-8-17)20(27(4)5)13-23-21(29)12-11-19-15(2)26-22-24-14-25-28(22)16(19)3/h7-10,14,20H,6,11-13H2,1-5H3,(H,23,29)/t20-/m0/s1. The molecule has 3 rings (SSSR count). The van der Waals surface area contributed by atoms with Gasteiger partial charge < -0.3 is 10.2 Å². The Balaban J connectivity index is 1.61. The number of benzene rings is 1. The van der Waals surface area contributed by atoms with Crippen LogP contribution in [0.2, 0.25) is 0 Å². The first-order valence-electron chi connectivity index (χ1n) is 10.1. The van der Waals surface area contributed by atoms with E-state index in [0.29, 0.717) is 25.2 Å². The van der Waals surface area contributed by atoms with Crippen molar-refractivity contribution in [1.29, 1.82) is 0 Å². The van der Waals surface area contributed by atoms with Gasteiger partial charge in [-0.05, 0) is 57.5 Å². The summed E-state index contributed by atoms with van der Waals surface area (Å²) in [6.07, 6.45) is 3.57. The van der Waals surface area contributed by atoms with Crippen LogP contribution in [0, 0.1) is 13.8 Å². The Kier molecular flexibility index (Phi) is 6.59. The largest absolute Gasteiger partial charge is 0.354 e. The number of carbonyl (C=O) groups is 1. The molecule has 1 atom stereocenters. The van der Waals surface area contributed by atoms with Gasteiger partial charge in [0, 0.05) is 24.4 Å². The van der Waals surface area contributed by atoms with Crippen LogP contribution in [0.3, 0.4) is 0 Å². The highest BCUT2D eigenvalue weighted by molar-refractivity contribution is 5.76. The molecule has 3 aromatic rings. The van der Waals surface area contributed by atoms with Crippen molar-refractivity contribution in [2.45, 2.75) is 46.1 Å². The van der Waals surface area contributed by atoms with Crippen molar-refractivity contribution in [1.82, 2.24) is 29.8 Å². The molecule has 2 aromatic heterocycles. The summed E-state index contributed by atoms with van der Waals surface area (Å²) < 4.78 is 1.72. The highest BCUT2D eigenvalue weighted by atomic mass is 16.1. The predicted octanol–water partition coefficient (Wildman–Crippen LogP) is 2.66. The van der Waals surface area contributed by atoms with Gasteiger partial charge in [-0.25, -0.2) is 9.50 Å². The first-order chi connectivity index (χ1) is 13.9. The number of nitrogens with one attached hydrogen (secondary N) is 1. The fourth-order valence-corrected chi connectivity index (χ4v) is 3.63. The van der Waals surface area contributed by atoms with E-state index in [0.717, 1.165) is 23.4 Å². The zero-order valence-corrected chi connectivity index (χ0v) is 17.9. The van der Waals surface area contributed by atoms with Crippen molar-refractivity contribution in [2.75, 3.05) is 20.6 Å². The molecule has 0 radical (unpaired) electrons. The number of aryl methyl sites for hydroxylation is 3. The molecule has 0 aliphatic carbocycles. The molecule has 0 bridgehead atoms. The third-order valence-corrected chi connectivity index (χ3v) is 5.48. The van der Waals surface area contributed by atoms with E-state index in [-0.39, 0.29) is 11.9 Å². The molecule has 0 fully saturated rings. The predicted molar refractivity (Wildman–Crippen MR) is 114 cm³/mol. The van der Waals surface area contributed by atoms with Gasteiger partial charge in [-0.15, -0.1) is 0 Å². The second kappa shape index (κ2) is 9.13. The molecule has 0 saturated heterocycles. The second-order valence-corrected chi connectivity index (χ2v) is 7.61. The highest BCUT2D eigenvalue weighted by Crippen LogP contribution is 2.19. The second-order valence-electron chi connectivity index (χ2n) is 7.61. The van der Waals surface area contributed by atoms with Crippen LogP contribution in [-0.4, -0.2) is 51.0 Å². The van der Waals surface area contributed by atoms with Crippen LogP contribution in [0.15, 0.2) is 30.6 Å². The lowest BCUT2D eigenvalue weighted by Crippen LogP contribution is -2.34. The number of rotatable bonds is 8. The van der Waals surface area contributed by atoms with Gasteiger partial charge >= 0.3 is 0 Å². The number of amides is 1. The zero-order chi connectivity index (χ0) is 21.0. The first-order valence-corrected chi connectivity index (χ1v) is 10.1. The van der Waals surface area contributed by atoms with E-state index in [2.05, 4.69) is 56.5 Å². The van der Waals surface area contributed by atoms with Crippen LogP contribution in [0.5, 0.6) is 0 Å². The SMILES string of the molecule is CCc1ccc([C@H](CNC(=O)CCc2c(C)nc3ncnn3c2C)N(C)C)cc1. The molecule has 1 aromatic carbocycles. The average Bonchev–Trinajstić information content (AvgIpc) is 3.16. The Morgan fingerprint density at radius 1 is 1.21 bits per heavy atom. The molecule has 0 aliphatic heterocycles. The molecule has 29 heavy (non-hydrogen) atoms. The quantitative estimate of drug-likeness (QED) is 0.636. The first kappa shape index (κ1) is 20.9. The molecule has 2 heterocycles. The Hall–Kier alpha value is -2.80. The maximum atomic E-state index is 12.5. The van der Waals surface area contributed by atoms with Crippen LogP contribution in [0.4, 0.5) is 0 Å². The summed E-state index contributed by atoms with van der Waals surface area (Å²) in [7, 11) is 4.08. The van der Waals surface area contributed by atoms with E-state index in [1.54, 1.807) is 4.52 Å². The number of aromatic nitrogens is 4. The number of hydrogen-bond acceptors (Lipinski definition) is 5. The minimum atomic E-state index is 0.0412. The molecule has 154 valence electrons. The van der Waals surface area contributed by atoms with Gasteiger partial charge in [0.2, 0.25) is 5.91 Å². The third-order valence-electron chi connectivity index (χ3n) is 5.48. The summed E-state index contributed by atoms with van der Waals surface area (Å²) in [5, 5.41) is 7.31. The average molecular weight is 395 g/mol. The number of nitrogens with zero attached hydrogens (tertiary/aromatic N) is 5. The fourth-order valence-electron chi connectivity index (χ4n) is 3.63. The van der Waals surface area contributed by atoms with Gasteiger partial charge in [0.05, 0.1) is 6.04 Å². The number of likely N-dealkylation sites (N-methyl/N-ethyl adjacent to an activating group) is 1. The lowest BCUT2D eigenvalue weighted by molar-refractivity contribution is -0.121. The minimum Gasteiger partial charge on any atom is -0.354 e. The van der Waals surface area contributed by atoms with Crippen LogP contribution in [0.1, 0.15) is 47.5 Å². The third kappa shape index (κ3) is 4.79. The lowest BCUT2D eigenvalue weighted by Gasteiger charge is -2.25. The summed E-state index contributed by atoms with van der Waals surface area (Å²) in [4.78, 5) is 23.3. The number of fused-ring (bicyclic) bond motifs is 1. The van der Waals surface area contributed by atoms with Gasteiger partial charge in [-0.2, -0.15) is 10.1 Å². The summed E-state index contributed by atoms with van der Waals surface area (Å²) >= 11 is 0. The van der Waals surface area contributed by atoms with Crippen molar-refractivity contribution < 1.29 is 4.79 Å². The molecule has 7 heteroatoms. The topological polar surface area (TPSA) is 75.4 Å². The zero-order valence-electron chi connectivity index (χ0n) is 17.9. The van der Waals surface area contributed by atoms with E-state index in [9.17, 15) is 4.79 Å². The Labute approximate surface area is 172 Å².